The van der Waals surface area contributed by atoms with E-state index in [4.69, 9.17) is 11.6 Å². The van der Waals surface area contributed by atoms with Crippen molar-refractivity contribution in [1.82, 2.24) is 4.98 Å². The minimum Gasteiger partial charge on any atom is -0.465 e. The summed E-state index contributed by atoms with van der Waals surface area (Å²) >= 11 is 5.86. The molecule has 0 saturated carbocycles. The Morgan fingerprint density at radius 2 is 2.00 bits per heavy atom. The highest BCUT2D eigenvalue weighted by Gasteiger charge is 2.15. The van der Waals surface area contributed by atoms with Crippen LogP contribution >= 0.6 is 11.6 Å². The molecule has 0 radical (unpaired) electrons. The van der Waals surface area contributed by atoms with Crippen molar-refractivity contribution in [2.45, 2.75) is 0 Å². The summed E-state index contributed by atoms with van der Waals surface area (Å²) in [6, 6.07) is 8.56. The number of H-pyrrole nitrogens is 1. The number of carbonyl (C=O) groups is 2. The number of carbonyl (C=O) groups excluding carboxylic acids is 2. The number of rotatable bonds is 3. The first-order valence-electron chi connectivity index (χ1n) is 5.90. The van der Waals surface area contributed by atoms with Crippen LogP contribution in [0.4, 0.5) is 5.69 Å². The molecule has 0 saturated heterocycles. The van der Waals surface area contributed by atoms with Gasteiger partial charge in [-0.3, -0.25) is 9.59 Å². The van der Waals surface area contributed by atoms with Crippen LogP contribution in [0.3, 0.4) is 0 Å². The monoisotopic (exact) mass is 306 g/mol. The van der Waals surface area contributed by atoms with Crippen molar-refractivity contribution >= 4 is 29.2 Å². The molecule has 7 heteroatoms. The zero-order valence-electron chi connectivity index (χ0n) is 11.0. The Bertz CT molecular complexity index is 755. The highest BCUT2D eigenvalue weighted by Crippen LogP contribution is 2.22. The summed E-state index contributed by atoms with van der Waals surface area (Å²) in [6.45, 7) is 0. The molecule has 0 spiro atoms. The number of esters is 1. The minimum absolute atomic E-state index is 0.0679. The van der Waals surface area contributed by atoms with Crippen molar-refractivity contribution in [3.63, 3.8) is 0 Å². The van der Waals surface area contributed by atoms with Gasteiger partial charge in [0.25, 0.3) is 5.91 Å². The van der Waals surface area contributed by atoms with Crippen molar-refractivity contribution in [3.05, 3.63) is 63.0 Å². The number of nitrogens with one attached hydrogen (secondary N) is 2. The lowest BCUT2D eigenvalue weighted by Gasteiger charge is -2.10. The highest BCUT2D eigenvalue weighted by molar-refractivity contribution is 6.31. The Hall–Kier alpha value is -2.60. The normalized spacial score (nSPS) is 10.0. The number of aromatic amines is 1. The zero-order valence-corrected chi connectivity index (χ0v) is 11.7. The molecule has 21 heavy (non-hydrogen) atoms. The number of hydrogen-bond acceptors (Lipinski definition) is 4. The summed E-state index contributed by atoms with van der Waals surface area (Å²) in [5.74, 6) is -1.18. The molecule has 6 nitrogen and oxygen atoms in total. The topological polar surface area (TPSA) is 88.3 Å². The van der Waals surface area contributed by atoms with E-state index >= 15 is 0 Å². The van der Waals surface area contributed by atoms with Crippen LogP contribution in [0.15, 0.2) is 41.2 Å². The minimum atomic E-state index is -0.608. The number of aromatic nitrogens is 1. The Kier molecular flexibility index (Phi) is 4.39. The van der Waals surface area contributed by atoms with E-state index in [1.807, 2.05) is 0 Å². The standard InChI is InChI=1S/C14H11ClN2O4/c1-21-14(20)9-6-5-8(15)7-11(9)17-13(19)10-3-2-4-12(18)16-10/h2-7H,1H3,(H,16,18)(H,17,19). The van der Waals surface area contributed by atoms with Gasteiger partial charge in [-0.05, 0) is 24.3 Å². The molecule has 1 amide bonds. The number of hydrogen-bond donors (Lipinski definition) is 2. The van der Waals surface area contributed by atoms with Gasteiger partial charge in [-0.1, -0.05) is 17.7 Å². The zero-order chi connectivity index (χ0) is 15.4. The molecular weight excluding hydrogens is 296 g/mol. The molecule has 2 aromatic rings. The van der Waals surface area contributed by atoms with Crippen LogP contribution in [0.5, 0.6) is 0 Å². The van der Waals surface area contributed by atoms with Gasteiger partial charge in [0.1, 0.15) is 5.69 Å². The van der Waals surface area contributed by atoms with E-state index in [1.165, 1.54) is 43.5 Å². The fourth-order valence-electron chi connectivity index (χ4n) is 1.68. The van der Waals surface area contributed by atoms with Crippen molar-refractivity contribution in [3.8, 4) is 0 Å². The maximum atomic E-state index is 12.1. The number of pyridine rings is 1. The van der Waals surface area contributed by atoms with Gasteiger partial charge in [0.05, 0.1) is 18.4 Å². The number of anilines is 1. The molecule has 0 atom stereocenters. The molecule has 108 valence electrons. The van der Waals surface area contributed by atoms with Crippen LogP contribution in [-0.4, -0.2) is 24.0 Å². The Morgan fingerprint density at radius 1 is 1.24 bits per heavy atom. The molecule has 1 aromatic carbocycles. The molecule has 0 aliphatic carbocycles. The van der Waals surface area contributed by atoms with Crippen LogP contribution < -0.4 is 10.9 Å². The second-order valence-electron chi connectivity index (χ2n) is 4.06. The fourth-order valence-corrected chi connectivity index (χ4v) is 1.85. The van der Waals surface area contributed by atoms with Crippen LogP contribution in [-0.2, 0) is 4.74 Å². The van der Waals surface area contributed by atoms with Crippen molar-refractivity contribution < 1.29 is 14.3 Å². The maximum Gasteiger partial charge on any atom is 0.339 e. The summed E-state index contributed by atoms with van der Waals surface area (Å²) in [5.41, 5.74) is 0.0257. The quantitative estimate of drug-likeness (QED) is 0.850. The summed E-state index contributed by atoms with van der Waals surface area (Å²) in [7, 11) is 1.23. The smallest absolute Gasteiger partial charge is 0.339 e. The Morgan fingerprint density at radius 3 is 2.67 bits per heavy atom. The van der Waals surface area contributed by atoms with Gasteiger partial charge in [-0.15, -0.1) is 0 Å². The fraction of sp³-hybridized carbons (Fsp3) is 0.0714. The molecule has 0 unspecified atom stereocenters. The van der Waals surface area contributed by atoms with Crippen LogP contribution in [0, 0.1) is 0 Å². The van der Waals surface area contributed by atoms with E-state index in [0.29, 0.717) is 5.02 Å². The van der Waals surface area contributed by atoms with Gasteiger partial charge in [0.2, 0.25) is 5.56 Å². The molecule has 1 heterocycles. The van der Waals surface area contributed by atoms with Crippen molar-refractivity contribution in [2.75, 3.05) is 12.4 Å². The van der Waals surface area contributed by atoms with Crippen LogP contribution in [0.2, 0.25) is 5.02 Å². The number of methoxy groups -OCH3 is 1. The average Bonchev–Trinajstić information content (AvgIpc) is 2.46. The number of halogens is 1. The summed E-state index contributed by atoms with van der Waals surface area (Å²) in [4.78, 5) is 37.3. The molecule has 0 bridgehead atoms. The maximum absolute atomic E-state index is 12.1. The first kappa shape index (κ1) is 14.8. The predicted molar refractivity (Wildman–Crippen MR) is 77.8 cm³/mol. The second-order valence-corrected chi connectivity index (χ2v) is 4.50. The third kappa shape index (κ3) is 3.49. The molecule has 0 aliphatic heterocycles. The van der Waals surface area contributed by atoms with Gasteiger partial charge < -0.3 is 15.0 Å². The Labute approximate surface area is 124 Å². The second kappa shape index (κ2) is 6.23. The van der Waals surface area contributed by atoms with E-state index in [1.54, 1.807) is 0 Å². The third-order valence-corrected chi connectivity index (χ3v) is 2.88. The van der Waals surface area contributed by atoms with Crippen molar-refractivity contribution in [2.24, 2.45) is 0 Å². The lowest BCUT2D eigenvalue weighted by atomic mass is 10.1. The molecule has 0 aliphatic rings. The van der Waals surface area contributed by atoms with E-state index in [-0.39, 0.29) is 16.9 Å². The van der Waals surface area contributed by atoms with E-state index < -0.39 is 17.4 Å². The number of amides is 1. The molecule has 2 N–H and O–H groups in total. The molecule has 2 rings (SSSR count). The van der Waals surface area contributed by atoms with Crippen LogP contribution in [0.1, 0.15) is 20.8 Å². The number of benzene rings is 1. The van der Waals surface area contributed by atoms with Gasteiger partial charge >= 0.3 is 5.97 Å². The van der Waals surface area contributed by atoms with Gasteiger partial charge in [0, 0.05) is 11.1 Å². The predicted octanol–water partition coefficient (Wildman–Crippen LogP) is 2.07. The van der Waals surface area contributed by atoms with Gasteiger partial charge in [-0.2, -0.15) is 0 Å². The summed E-state index contributed by atoms with van der Waals surface area (Å²) in [6.07, 6.45) is 0. The molecule has 0 fully saturated rings. The summed E-state index contributed by atoms with van der Waals surface area (Å²) < 4.78 is 4.63. The largest absolute Gasteiger partial charge is 0.465 e. The SMILES string of the molecule is COC(=O)c1ccc(Cl)cc1NC(=O)c1cccc(=O)[nH]1. The first-order chi connectivity index (χ1) is 10.0. The van der Waals surface area contributed by atoms with Crippen molar-refractivity contribution in [1.29, 1.82) is 0 Å². The van der Waals surface area contributed by atoms with Crippen LogP contribution in [0.25, 0.3) is 0 Å². The number of ether oxygens (including phenoxy) is 1. The summed E-state index contributed by atoms with van der Waals surface area (Å²) in [5, 5.41) is 2.86. The first-order valence-corrected chi connectivity index (χ1v) is 6.27. The van der Waals surface area contributed by atoms with E-state index in [0.717, 1.165) is 0 Å². The van der Waals surface area contributed by atoms with Gasteiger partial charge in [0.15, 0.2) is 0 Å². The van der Waals surface area contributed by atoms with E-state index in [2.05, 4.69) is 15.0 Å². The third-order valence-electron chi connectivity index (χ3n) is 2.65. The molecule has 1 aromatic heterocycles. The Balaban J connectivity index is 2.34. The average molecular weight is 307 g/mol. The van der Waals surface area contributed by atoms with E-state index in [9.17, 15) is 14.4 Å². The van der Waals surface area contributed by atoms with Gasteiger partial charge in [-0.25, -0.2) is 4.79 Å². The lowest BCUT2D eigenvalue weighted by Crippen LogP contribution is -2.19. The highest BCUT2D eigenvalue weighted by atomic mass is 35.5. The molecular formula is C14H11ClN2O4. The lowest BCUT2D eigenvalue weighted by molar-refractivity contribution is 0.0602.